The summed E-state index contributed by atoms with van der Waals surface area (Å²) in [7, 11) is -1.46. The van der Waals surface area contributed by atoms with E-state index in [1.807, 2.05) is 19.1 Å². The number of nitrogens with zero attached hydrogens (tertiary/aromatic N) is 1. The summed E-state index contributed by atoms with van der Waals surface area (Å²) in [6.07, 6.45) is 9.11. The van der Waals surface area contributed by atoms with Gasteiger partial charge in [0.05, 0.1) is 11.5 Å². The van der Waals surface area contributed by atoms with Crippen LogP contribution < -0.4 is 0 Å². The van der Waals surface area contributed by atoms with Crippen LogP contribution in [-0.4, -0.2) is 40.1 Å². The lowest BCUT2D eigenvalue weighted by molar-refractivity contribution is 0.192. The third kappa shape index (κ3) is 8.83. The summed E-state index contributed by atoms with van der Waals surface area (Å²) in [6.45, 7) is 6.70. The summed E-state index contributed by atoms with van der Waals surface area (Å²) in [5, 5.41) is 0. The molecule has 0 spiro atoms. The number of rotatable bonds is 10. The summed E-state index contributed by atoms with van der Waals surface area (Å²) in [4.78, 5) is 2.75. The lowest BCUT2D eigenvalue weighted by atomic mass is 9.81. The molecular weight excluding hydrogens is 442 g/mol. The topological polar surface area (TPSA) is 46.6 Å². The summed E-state index contributed by atoms with van der Waals surface area (Å²) in [6, 6.07) is 17.8. The molecule has 2 aromatic rings. The molecule has 1 fully saturated rings. The van der Waals surface area contributed by atoms with E-state index >= 15 is 0 Å². The molecule has 4 nitrogen and oxygen atoms in total. The van der Waals surface area contributed by atoms with E-state index in [1.54, 1.807) is 12.1 Å². The zero-order valence-electron chi connectivity index (χ0n) is 21.3. The van der Waals surface area contributed by atoms with Gasteiger partial charge >= 0.3 is 0 Å². The molecule has 0 aromatic heterocycles. The smallest absolute Gasteiger partial charge is 0.296 e. The first-order valence-corrected chi connectivity index (χ1v) is 14.4. The first-order valence-electron chi connectivity index (χ1n) is 13.0. The Bertz CT molecular complexity index is 943. The fraction of sp³-hybridized carbons (Fsp3) is 0.586. The molecule has 3 rings (SSSR count). The van der Waals surface area contributed by atoms with Gasteiger partial charge in [-0.1, -0.05) is 74.2 Å². The second-order valence-corrected chi connectivity index (χ2v) is 12.0. The van der Waals surface area contributed by atoms with Gasteiger partial charge in [-0.2, -0.15) is 8.42 Å². The highest BCUT2D eigenvalue weighted by Gasteiger charge is 2.25. The Labute approximate surface area is 207 Å². The molecule has 1 saturated heterocycles. The van der Waals surface area contributed by atoms with Crippen molar-refractivity contribution in [3.8, 4) is 0 Å². The molecule has 34 heavy (non-hydrogen) atoms. The van der Waals surface area contributed by atoms with Gasteiger partial charge in [0.15, 0.2) is 0 Å². The highest BCUT2D eigenvalue weighted by molar-refractivity contribution is 7.86. The van der Waals surface area contributed by atoms with Crippen molar-refractivity contribution in [1.82, 2.24) is 4.90 Å². The molecule has 2 aromatic carbocycles. The average molecular weight is 486 g/mol. The fourth-order valence-electron chi connectivity index (χ4n) is 5.43. The largest absolute Gasteiger partial charge is 0.306 e. The molecule has 0 aliphatic carbocycles. The monoisotopic (exact) mass is 485 g/mol. The molecule has 5 heteroatoms. The standard InChI is InChI=1S/C29H43NO3S/c1-4-10-27(23-33-34(31,32)29-16-14-24(2)15-17-29)20-26-13-8-9-18-30(3)22-28(21-26)19-25-11-6-5-7-12-25/h5-7,11-12,14-17,26-28H,4,8-10,13,18-23H2,1-3H3. The SMILES string of the molecule is CCCC(COS(=O)(=O)c1ccc(C)cc1)CC1CCCCN(C)CC(Cc2ccccc2)C1. The van der Waals surface area contributed by atoms with E-state index in [9.17, 15) is 8.42 Å². The summed E-state index contributed by atoms with van der Waals surface area (Å²) in [5.74, 6) is 1.50. The minimum absolute atomic E-state index is 0.252. The molecule has 0 radical (unpaired) electrons. The summed E-state index contributed by atoms with van der Waals surface area (Å²) >= 11 is 0. The fourth-order valence-corrected chi connectivity index (χ4v) is 6.40. The summed E-state index contributed by atoms with van der Waals surface area (Å²) in [5.41, 5.74) is 2.45. The molecular formula is C29H43NO3S. The van der Waals surface area contributed by atoms with E-state index in [-0.39, 0.29) is 17.4 Å². The number of hydrogen-bond acceptors (Lipinski definition) is 4. The van der Waals surface area contributed by atoms with E-state index in [4.69, 9.17) is 4.18 Å². The van der Waals surface area contributed by atoms with Crippen molar-refractivity contribution in [3.05, 3.63) is 65.7 Å². The Morgan fingerprint density at radius 1 is 1.03 bits per heavy atom. The minimum Gasteiger partial charge on any atom is -0.306 e. The Morgan fingerprint density at radius 2 is 1.76 bits per heavy atom. The molecule has 0 N–H and O–H groups in total. The van der Waals surface area contributed by atoms with Crippen molar-refractivity contribution in [3.63, 3.8) is 0 Å². The molecule has 0 bridgehead atoms. The van der Waals surface area contributed by atoms with Crippen molar-refractivity contribution in [2.24, 2.45) is 17.8 Å². The van der Waals surface area contributed by atoms with E-state index in [2.05, 4.69) is 49.2 Å². The van der Waals surface area contributed by atoms with E-state index < -0.39 is 10.1 Å². The van der Waals surface area contributed by atoms with E-state index in [1.165, 1.54) is 31.2 Å². The van der Waals surface area contributed by atoms with Crippen molar-refractivity contribution in [2.75, 3.05) is 26.7 Å². The molecule has 3 unspecified atom stereocenters. The predicted molar refractivity (Wildman–Crippen MR) is 140 cm³/mol. The Balaban J connectivity index is 1.65. The van der Waals surface area contributed by atoms with Gasteiger partial charge in [0.1, 0.15) is 0 Å². The molecule has 3 atom stereocenters. The van der Waals surface area contributed by atoms with Gasteiger partial charge in [-0.25, -0.2) is 0 Å². The van der Waals surface area contributed by atoms with Crippen molar-refractivity contribution in [2.45, 2.75) is 70.1 Å². The average Bonchev–Trinajstić information content (AvgIpc) is 2.89. The van der Waals surface area contributed by atoms with Crippen LogP contribution in [0, 0.1) is 24.7 Å². The molecule has 0 amide bonds. The normalized spacial score (nSPS) is 21.4. The van der Waals surface area contributed by atoms with Crippen LogP contribution in [0.25, 0.3) is 0 Å². The highest BCUT2D eigenvalue weighted by Crippen LogP contribution is 2.31. The maximum atomic E-state index is 12.8. The zero-order valence-corrected chi connectivity index (χ0v) is 22.1. The van der Waals surface area contributed by atoms with Gasteiger partial charge in [0, 0.05) is 6.54 Å². The van der Waals surface area contributed by atoms with Gasteiger partial charge in [-0.15, -0.1) is 0 Å². The second-order valence-electron chi connectivity index (χ2n) is 10.4. The Morgan fingerprint density at radius 3 is 2.47 bits per heavy atom. The van der Waals surface area contributed by atoms with Gasteiger partial charge < -0.3 is 4.90 Å². The van der Waals surface area contributed by atoms with Crippen LogP contribution in [0.15, 0.2) is 59.5 Å². The van der Waals surface area contributed by atoms with Crippen molar-refractivity contribution < 1.29 is 12.6 Å². The Hall–Kier alpha value is -1.69. The summed E-state index contributed by atoms with van der Waals surface area (Å²) < 4.78 is 31.1. The maximum Gasteiger partial charge on any atom is 0.296 e. The highest BCUT2D eigenvalue weighted by atomic mass is 32.2. The molecule has 188 valence electrons. The van der Waals surface area contributed by atoms with Crippen LogP contribution >= 0.6 is 0 Å². The van der Waals surface area contributed by atoms with Crippen LogP contribution in [-0.2, 0) is 20.7 Å². The van der Waals surface area contributed by atoms with Crippen molar-refractivity contribution in [1.29, 1.82) is 0 Å². The number of benzene rings is 2. The minimum atomic E-state index is -3.72. The lowest BCUT2D eigenvalue weighted by Gasteiger charge is -2.28. The third-order valence-electron chi connectivity index (χ3n) is 7.14. The zero-order chi connectivity index (χ0) is 24.4. The quantitative estimate of drug-likeness (QED) is 0.361. The molecule has 0 saturated carbocycles. The van der Waals surface area contributed by atoms with Crippen molar-refractivity contribution >= 4 is 10.1 Å². The predicted octanol–water partition coefficient (Wildman–Crippen LogP) is 6.49. The van der Waals surface area contributed by atoms with Gasteiger partial charge in [-0.05, 0) is 88.1 Å². The van der Waals surface area contributed by atoms with Crippen LogP contribution in [0.2, 0.25) is 0 Å². The van der Waals surface area contributed by atoms with E-state index in [0.717, 1.165) is 44.3 Å². The number of aryl methyl sites for hydroxylation is 1. The van der Waals surface area contributed by atoms with Crippen LogP contribution in [0.5, 0.6) is 0 Å². The van der Waals surface area contributed by atoms with Crippen LogP contribution in [0.4, 0.5) is 0 Å². The molecule has 1 aliphatic rings. The van der Waals surface area contributed by atoms with Crippen LogP contribution in [0.1, 0.15) is 63.0 Å². The Kier molecular flexibility index (Phi) is 10.6. The van der Waals surface area contributed by atoms with E-state index in [0.29, 0.717) is 11.8 Å². The molecule has 1 aliphatic heterocycles. The van der Waals surface area contributed by atoms with Gasteiger partial charge in [0.2, 0.25) is 0 Å². The first-order chi connectivity index (χ1) is 16.4. The number of hydrogen-bond donors (Lipinski definition) is 0. The van der Waals surface area contributed by atoms with Crippen LogP contribution in [0.3, 0.4) is 0 Å². The second kappa shape index (κ2) is 13.4. The lowest BCUT2D eigenvalue weighted by Crippen LogP contribution is -2.28. The third-order valence-corrected chi connectivity index (χ3v) is 8.43. The van der Waals surface area contributed by atoms with Gasteiger partial charge in [0.25, 0.3) is 10.1 Å². The maximum absolute atomic E-state index is 12.8. The van der Waals surface area contributed by atoms with Gasteiger partial charge in [-0.3, -0.25) is 4.18 Å². The molecule has 1 heterocycles. The first kappa shape index (κ1) is 26.9.